The molecule has 19 heteroatoms. The van der Waals surface area contributed by atoms with Gasteiger partial charge in [-0.05, 0) is 42.5 Å². The van der Waals surface area contributed by atoms with E-state index >= 15 is 4.39 Å². The van der Waals surface area contributed by atoms with Crippen molar-refractivity contribution in [2.75, 3.05) is 95.1 Å². The van der Waals surface area contributed by atoms with Crippen molar-refractivity contribution < 1.29 is 45.8 Å². The minimum Gasteiger partial charge on any atom is -0.415 e. The van der Waals surface area contributed by atoms with Gasteiger partial charge in [0.15, 0.2) is 5.78 Å². The number of aromatic nitrogens is 2. The molecule has 4 amide bonds. The molecule has 5 heterocycles. The number of hydrogen-bond donors (Lipinski definition) is 1. The first-order valence-electron chi connectivity index (χ1n) is 21.8. The van der Waals surface area contributed by atoms with Crippen LogP contribution in [0.4, 0.5) is 38.5 Å². The molecule has 2 N–H and O–H groups in total. The summed E-state index contributed by atoms with van der Waals surface area (Å²) in [5.74, 6) is -2.48. The van der Waals surface area contributed by atoms with Crippen molar-refractivity contribution in [2.24, 2.45) is 5.73 Å². The standard InChI is InChI=1S/C24H24F3N5O3.C23H27FN4O3/c25-20-12-16(22-28-29-23(35-22)21(26)27)6-7-17(20)13-32(18-4-2-1-3-5-18)24(33)31-10-8-30(9-11-31)19-14-34-15-19;24-21-12-17(22(29)13-25)6-7-18(21)14-28(19-4-2-1-3-5-19)23(30)27-10-8-26(9-11-27)20-15-31-16-20/h1-7,12,19,21H,8-11,13-15H2;1-7,12,20H,8-11,13-16,25H2. The van der Waals surface area contributed by atoms with Crippen LogP contribution < -0.4 is 15.5 Å². The molecule has 4 saturated heterocycles. The first kappa shape index (κ1) is 46.3. The predicted octanol–water partition coefficient (Wildman–Crippen LogP) is 6.07. The van der Waals surface area contributed by atoms with Crippen LogP contribution in [0.1, 0.15) is 33.8 Å². The number of ether oxygens (including phenoxy) is 2. The molecule has 5 aromatic rings. The molecule has 9 rings (SSSR count). The van der Waals surface area contributed by atoms with Gasteiger partial charge in [0, 0.05) is 86.0 Å². The van der Waals surface area contributed by atoms with Crippen LogP contribution in [0.15, 0.2) is 101 Å². The van der Waals surface area contributed by atoms with Gasteiger partial charge >= 0.3 is 18.5 Å². The lowest BCUT2D eigenvalue weighted by atomic mass is 10.1. The second-order valence-corrected chi connectivity index (χ2v) is 16.3. The lowest BCUT2D eigenvalue weighted by molar-refractivity contribution is -0.0738. The Morgan fingerprint density at radius 2 is 1.11 bits per heavy atom. The van der Waals surface area contributed by atoms with Crippen molar-refractivity contribution in [1.29, 1.82) is 0 Å². The van der Waals surface area contributed by atoms with Gasteiger partial charge in [0.2, 0.25) is 5.89 Å². The monoisotopic (exact) mass is 913 g/mol. The zero-order valence-electron chi connectivity index (χ0n) is 36.2. The van der Waals surface area contributed by atoms with Gasteiger partial charge in [-0.2, -0.15) is 8.78 Å². The number of rotatable bonds is 12. The third-order valence-electron chi connectivity index (χ3n) is 12.2. The van der Waals surface area contributed by atoms with Crippen LogP contribution in [-0.4, -0.2) is 145 Å². The number of nitrogens with zero attached hydrogens (tertiary/aromatic N) is 8. The number of anilines is 2. The van der Waals surface area contributed by atoms with Gasteiger partial charge in [0.25, 0.3) is 5.89 Å². The second-order valence-electron chi connectivity index (χ2n) is 16.3. The Morgan fingerprint density at radius 1 is 0.636 bits per heavy atom. The fourth-order valence-corrected chi connectivity index (χ4v) is 8.08. The zero-order valence-corrected chi connectivity index (χ0v) is 36.2. The molecule has 4 aromatic carbocycles. The van der Waals surface area contributed by atoms with Crippen molar-refractivity contribution in [3.8, 4) is 11.5 Å². The lowest BCUT2D eigenvalue weighted by Gasteiger charge is -2.43. The van der Waals surface area contributed by atoms with Crippen LogP contribution >= 0.6 is 0 Å². The Kier molecular flexibility index (Phi) is 15.0. The maximum Gasteiger partial charge on any atom is 0.324 e. The molecule has 66 heavy (non-hydrogen) atoms. The van der Waals surface area contributed by atoms with E-state index < -0.39 is 24.0 Å². The molecule has 0 atom stereocenters. The summed E-state index contributed by atoms with van der Waals surface area (Å²) in [6.07, 6.45) is -2.91. The highest BCUT2D eigenvalue weighted by molar-refractivity contribution is 5.97. The molecular formula is C47H51F4N9O6. The third-order valence-corrected chi connectivity index (χ3v) is 12.2. The number of carbonyl (C=O) groups is 3. The fraction of sp³-hybridized carbons (Fsp3) is 0.383. The number of alkyl halides is 2. The van der Waals surface area contributed by atoms with Crippen LogP contribution in [-0.2, 0) is 22.6 Å². The average Bonchev–Trinajstić information content (AvgIpc) is 3.82. The summed E-state index contributed by atoms with van der Waals surface area (Å²) in [5, 5.41) is 6.83. The summed E-state index contributed by atoms with van der Waals surface area (Å²) in [7, 11) is 0. The number of halogens is 4. The first-order valence-corrected chi connectivity index (χ1v) is 21.8. The van der Waals surface area contributed by atoms with E-state index in [4.69, 9.17) is 19.6 Å². The van der Waals surface area contributed by atoms with Crippen molar-refractivity contribution in [3.05, 3.63) is 131 Å². The molecule has 0 saturated carbocycles. The number of amides is 4. The van der Waals surface area contributed by atoms with Gasteiger partial charge in [0.1, 0.15) is 11.6 Å². The number of hydrogen-bond acceptors (Lipinski definition) is 11. The van der Waals surface area contributed by atoms with Crippen molar-refractivity contribution in [2.45, 2.75) is 31.6 Å². The van der Waals surface area contributed by atoms with Crippen LogP contribution in [0, 0.1) is 11.6 Å². The number of para-hydroxylation sites is 2. The number of benzene rings is 4. The van der Waals surface area contributed by atoms with E-state index in [0.29, 0.717) is 55.2 Å². The number of nitrogens with two attached hydrogens (primary N) is 1. The summed E-state index contributed by atoms with van der Waals surface area (Å²) >= 11 is 0. The van der Waals surface area contributed by atoms with E-state index in [2.05, 4.69) is 20.0 Å². The Labute approximate surface area is 379 Å². The molecule has 0 bridgehead atoms. The van der Waals surface area contributed by atoms with Gasteiger partial charge in [-0.3, -0.25) is 24.4 Å². The quantitative estimate of drug-likeness (QED) is 0.115. The summed E-state index contributed by atoms with van der Waals surface area (Å²) in [5.41, 5.74) is 7.74. The van der Waals surface area contributed by atoms with Gasteiger partial charge < -0.3 is 29.4 Å². The van der Waals surface area contributed by atoms with Crippen LogP contribution in [0.3, 0.4) is 0 Å². The van der Waals surface area contributed by atoms with Crippen LogP contribution in [0.25, 0.3) is 11.5 Å². The Balaban J connectivity index is 0.000000181. The molecule has 0 radical (unpaired) electrons. The van der Waals surface area contributed by atoms with Crippen LogP contribution in [0.2, 0.25) is 0 Å². The van der Waals surface area contributed by atoms with E-state index in [-0.39, 0.29) is 60.1 Å². The Hall–Kier alpha value is -6.25. The first-order chi connectivity index (χ1) is 32.1. The highest BCUT2D eigenvalue weighted by Gasteiger charge is 2.34. The molecule has 4 fully saturated rings. The van der Waals surface area contributed by atoms with E-state index in [1.807, 2.05) is 53.4 Å². The number of piperazine rings is 2. The summed E-state index contributed by atoms with van der Waals surface area (Å²) < 4.78 is 70.7. The minimum absolute atomic E-state index is 0.00223. The predicted molar refractivity (Wildman–Crippen MR) is 236 cm³/mol. The zero-order chi connectivity index (χ0) is 46.2. The lowest BCUT2D eigenvalue weighted by Crippen LogP contribution is -2.59. The highest BCUT2D eigenvalue weighted by atomic mass is 19.3. The Bertz CT molecular complexity index is 2430. The summed E-state index contributed by atoms with van der Waals surface area (Å²) in [6.45, 7) is 8.36. The minimum atomic E-state index is -2.91. The third kappa shape index (κ3) is 10.9. The number of Topliss-reactive ketones (excluding diaryl/α,β-unsaturated/α-hetero) is 1. The highest BCUT2D eigenvalue weighted by Crippen LogP contribution is 2.28. The molecule has 4 aliphatic heterocycles. The SMILES string of the molecule is NCC(=O)c1ccc(CN(C(=O)N2CCN(C3COC3)CC2)c2ccccc2)c(F)c1.O=C(N1CCN(C2COC2)CC1)N(Cc1ccc(-c2nnc(C(F)F)o2)cc1F)c1ccccc1. The molecule has 4 aliphatic rings. The van der Waals surface area contributed by atoms with Gasteiger partial charge in [0.05, 0.1) is 58.1 Å². The maximum atomic E-state index is 15.1. The van der Waals surface area contributed by atoms with E-state index in [9.17, 15) is 27.6 Å². The van der Waals surface area contributed by atoms with Crippen molar-refractivity contribution in [1.82, 2.24) is 29.8 Å². The normalized spacial score (nSPS) is 17.1. The average molecular weight is 914 g/mol. The van der Waals surface area contributed by atoms with Crippen molar-refractivity contribution in [3.63, 3.8) is 0 Å². The Morgan fingerprint density at radius 3 is 1.50 bits per heavy atom. The van der Waals surface area contributed by atoms with Crippen molar-refractivity contribution >= 4 is 29.2 Å². The molecule has 0 spiro atoms. The largest absolute Gasteiger partial charge is 0.415 e. The number of urea groups is 2. The molecular weight excluding hydrogens is 863 g/mol. The van der Waals surface area contributed by atoms with Gasteiger partial charge in [-0.25, -0.2) is 18.4 Å². The molecule has 0 unspecified atom stereocenters. The van der Waals surface area contributed by atoms with E-state index in [1.54, 1.807) is 39.0 Å². The van der Waals surface area contributed by atoms with Gasteiger partial charge in [-0.15, -0.1) is 10.2 Å². The number of ketones is 1. The topological polar surface area (TPSA) is 154 Å². The van der Waals surface area contributed by atoms with E-state index in [0.717, 1.165) is 58.7 Å². The fourth-order valence-electron chi connectivity index (χ4n) is 8.08. The summed E-state index contributed by atoms with van der Waals surface area (Å²) in [6, 6.07) is 27.3. The maximum absolute atomic E-state index is 15.1. The summed E-state index contributed by atoms with van der Waals surface area (Å²) in [4.78, 5) is 50.1. The molecule has 1 aromatic heterocycles. The molecule has 15 nitrogen and oxygen atoms in total. The number of carbonyl (C=O) groups excluding carboxylic acids is 3. The van der Waals surface area contributed by atoms with E-state index in [1.165, 1.54) is 18.2 Å². The molecule has 348 valence electrons. The molecule has 0 aliphatic carbocycles. The second kappa shape index (κ2) is 21.4. The van der Waals surface area contributed by atoms with Gasteiger partial charge in [-0.1, -0.05) is 54.6 Å². The van der Waals surface area contributed by atoms with Crippen LogP contribution in [0.5, 0.6) is 0 Å². The smallest absolute Gasteiger partial charge is 0.324 e.